The molecule has 0 spiro atoms. The summed E-state index contributed by atoms with van der Waals surface area (Å²) in [5, 5.41) is 13.6. The van der Waals surface area contributed by atoms with E-state index in [-0.39, 0.29) is 24.0 Å². The van der Waals surface area contributed by atoms with Crippen LogP contribution in [0.4, 0.5) is 5.69 Å². The van der Waals surface area contributed by atoms with Crippen LogP contribution in [0.5, 0.6) is 0 Å². The molecule has 2 rings (SSSR count). The van der Waals surface area contributed by atoms with E-state index < -0.39 is 22.0 Å². The Labute approximate surface area is 163 Å². The Morgan fingerprint density at radius 3 is 2.54 bits per heavy atom. The first-order chi connectivity index (χ1) is 12.1. The van der Waals surface area contributed by atoms with Gasteiger partial charge in [-0.25, -0.2) is 8.42 Å². The average Bonchev–Trinajstić information content (AvgIpc) is 2.80. The van der Waals surface area contributed by atoms with Gasteiger partial charge >= 0.3 is 0 Å². The Morgan fingerprint density at radius 1 is 1.27 bits per heavy atom. The lowest BCUT2D eigenvalue weighted by atomic mass is 10.1. The summed E-state index contributed by atoms with van der Waals surface area (Å²) in [6.07, 6.45) is -1.01. The molecule has 1 aromatic carbocycles. The molecule has 7 nitrogen and oxygen atoms in total. The summed E-state index contributed by atoms with van der Waals surface area (Å²) in [7, 11) is 0.451. The number of aliphatic hydroxyl groups is 1. The number of hydrogen-bond acceptors (Lipinski definition) is 6. The number of hydrogen-bond donors (Lipinski definition) is 2. The maximum atomic E-state index is 12.5. The second-order valence-electron chi connectivity index (χ2n) is 6.66. The van der Waals surface area contributed by atoms with E-state index in [4.69, 9.17) is 23.2 Å². The van der Waals surface area contributed by atoms with Crippen LogP contribution in [-0.4, -0.2) is 86.6 Å². The zero-order chi connectivity index (χ0) is 19.5. The Bertz CT molecular complexity index is 758. The number of aliphatic hydroxyl groups excluding tert-OH is 1. The Hall–Kier alpha value is -0.900. The Kier molecular flexibility index (Phi) is 7.29. The fourth-order valence-corrected chi connectivity index (χ4v) is 4.99. The number of rotatable bonds is 7. The lowest BCUT2D eigenvalue weighted by Crippen LogP contribution is -2.49. The summed E-state index contributed by atoms with van der Waals surface area (Å²) in [5.41, 5.74) is 0.385. The maximum Gasteiger partial charge on any atom is 0.238 e. The first kappa shape index (κ1) is 21.4. The van der Waals surface area contributed by atoms with Gasteiger partial charge in [0, 0.05) is 18.1 Å². The zero-order valence-corrected chi connectivity index (χ0v) is 17.0. The van der Waals surface area contributed by atoms with Gasteiger partial charge in [-0.05, 0) is 32.3 Å². The molecule has 1 aromatic rings. The fraction of sp³-hybridized carbons (Fsp3) is 0.562. The molecule has 0 saturated carbocycles. The standard InChI is InChI=1S/C16H23Cl2N3O4S/c1-20(2)5-6-21(14-9-26(24,25)10-15(14)22)8-16(23)19-13-7-11(17)3-4-12(13)18/h3-4,7,14-15,22H,5-6,8-10H2,1-2H3,(H,19,23). The van der Waals surface area contributed by atoms with E-state index in [0.717, 1.165) is 0 Å². The molecule has 26 heavy (non-hydrogen) atoms. The number of likely N-dealkylation sites (N-methyl/N-ethyl adjacent to an activating group) is 1. The van der Waals surface area contributed by atoms with Gasteiger partial charge in [-0.2, -0.15) is 0 Å². The summed E-state index contributed by atoms with van der Waals surface area (Å²) in [6, 6.07) is 4.13. The molecule has 1 aliphatic heterocycles. The number of nitrogens with one attached hydrogen (secondary N) is 1. The Balaban J connectivity index is 2.10. The van der Waals surface area contributed by atoms with Crippen LogP contribution < -0.4 is 5.32 Å². The van der Waals surface area contributed by atoms with Crippen molar-refractivity contribution in [1.82, 2.24) is 9.80 Å². The van der Waals surface area contributed by atoms with Crippen molar-refractivity contribution < 1.29 is 18.3 Å². The number of benzene rings is 1. The van der Waals surface area contributed by atoms with E-state index in [0.29, 0.717) is 28.8 Å². The van der Waals surface area contributed by atoms with Gasteiger partial charge in [-0.15, -0.1) is 0 Å². The molecule has 0 aromatic heterocycles. The Morgan fingerprint density at radius 2 is 1.96 bits per heavy atom. The lowest BCUT2D eigenvalue weighted by Gasteiger charge is -2.30. The van der Waals surface area contributed by atoms with Crippen molar-refractivity contribution in [2.75, 3.05) is 50.6 Å². The quantitative estimate of drug-likeness (QED) is 0.678. The van der Waals surface area contributed by atoms with E-state index in [1.54, 1.807) is 23.1 Å². The maximum absolute atomic E-state index is 12.5. The molecule has 1 heterocycles. The second-order valence-corrected chi connectivity index (χ2v) is 9.66. The number of nitrogens with zero attached hydrogens (tertiary/aromatic N) is 2. The summed E-state index contributed by atoms with van der Waals surface area (Å²) in [5.74, 6) is -0.797. The summed E-state index contributed by atoms with van der Waals surface area (Å²) >= 11 is 12.0. The second kappa shape index (κ2) is 8.86. The molecular formula is C16H23Cl2N3O4S. The van der Waals surface area contributed by atoms with Crippen LogP contribution >= 0.6 is 23.2 Å². The molecule has 10 heteroatoms. The molecule has 0 radical (unpaired) electrons. The molecular weight excluding hydrogens is 401 g/mol. The topological polar surface area (TPSA) is 90.0 Å². The molecule has 2 unspecified atom stereocenters. The molecule has 1 fully saturated rings. The third kappa shape index (κ3) is 6.07. The highest BCUT2D eigenvalue weighted by molar-refractivity contribution is 7.91. The fourth-order valence-electron chi connectivity index (χ4n) is 2.82. The van der Waals surface area contributed by atoms with Crippen LogP contribution in [-0.2, 0) is 14.6 Å². The summed E-state index contributed by atoms with van der Waals surface area (Å²) in [6.45, 7) is 1.00. The van der Waals surface area contributed by atoms with E-state index in [1.165, 1.54) is 0 Å². The van der Waals surface area contributed by atoms with Gasteiger partial charge in [0.2, 0.25) is 5.91 Å². The molecule has 1 amide bonds. The van der Waals surface area contributed by atoms with Crippen LogP contribution in [0.1, 0.15) is 0 Å². The lowest BCUT2D eigenvalue weighted by molar-refractivity contribution is -0.118. The van der Waals surface area contributed by atoms with Crippen LogP contribution in [0, 0.1) is 0 Å². The highest BCUT2D eigenvalue weighted by atomic mass is 35.5. The monoisotopic (exact) mass is 423 g/mol. The van der Waals surface area contributed by atoms with Gasteiger partial charge < -0.3 is 15.3 Å². The van der Waals surface area contributed by atoms with Gasteiger partial charge in [-0.1, -0.05) is 23.2 Å². The van der Waals surface area contributed by atoms with E-state index in [9.17, 15) is 18.3 Å². The minimum Gasteiger partial charge on any atom is -0.390 e. The minimum atomic E-state index is -3.31. The predicted octanol–water partition coefficient (Wildman–Crippen LogP) is 0.953. The van der Waals surface area contributed by atoms with Gasteiger partial charge in [0.05, 0.1) is 40.9 Å². The number of carbonyl (C=O) groups is 1. The van der Waals surface area contributed by atoms with Crippen molar-refractivity contribution in [2.24, 2.45) is 0 Å². The number of anilines is 1. The largest absolute Gasteiger partial charge is 0.390 e. The molecule has 1 saturated heterocycles. The SMILES string of the molecule is CN(C)CCN(CC(=O)Nc1cc(Cl)ccc1Cl)C1CS(=O)(=O)CC1O. The molecule has 0 bridgehead atoms. The third-order valence-corrected chi connectivity index (χ3v) is 6.41. The average molecular weight is 424 g/mol. The van der Waals surface area contributed by atoms with E-state index in [2.05, 4.69) is 5.32 Å². The highest BCUT2D eigenvalue weighted by Gasteiger charge is 2.40. The molecule has 2 atom stereocenters. The highest BCUT2D eigenvalue weighted by Crippen LogP contribution is 2.25. The summed E-state index contributed by atoms with van der Waals surface area (Å²) in [4.78, 5) is 16.1. The van der Waals surface area contributed by atoms with Gasteiger partial charge in [0.15, 0.2) is 9.84 Å². The third-order valence-electron chi connectivity index (χ3n) is 4.15. The summed E-state index contributed by atoms with van der Waals surface area (Å²) < 4.78 is 23.6. The molecule has 146 valence electrons. The van der Waals surface area contributed by atoms with Gasteiger partial charge in [-0.3, -0.25) is 9.69 Å². The van der Waals surface area contributed by atoms with Crippen molar-refractivity contribution in [2.45, 2.75) is 12.1 Å². The van der Waals surface area contributed by atoms with Crippen LogP contribution in [0.15, 0.2) is 18.2 Å². The van der Waals surface area contributed by atoms with Crippen LogP contribution in [0.25, 0.3) is 0 Å². The van der Waals surface area contributed by atoms with Crippen LogP contribution in [0.2, 0.25) is 10.0 Å². The van der Waals surface area contributed by atoms with Gasteiger partial charge in [0.1, 0.15) is 0 Å². The first-order valence-corrected chi connectivity index (χ1v) is 10.7. The zero-order valence-electron chi connectivity index (χ0n) is 14.7. The van der Waals surface area contributed by atoms with E-state index >= 15 is 0 Å². The van der Waals surface area contributed by atoms with Crippen molar-refractivity contribution in [1.29, 1.82) is 0 Å². The number of amides is 1. The first-order valence-electron chi connectivity index (χ1n) is 8.09. The van der Waals surface area contributed by atoms with E-state index in [1.807, 2.05) is 19.0 Å². The van der Waals surface area contributed by atoms with Gasteiger partial charge in [0.25, 0.3) is 0 Å². The van der Waals surface area contributed by atoms with Crippen molar-refractivity contribution in [3.05, 3.63) is 28.2 Å². The van der Waals surface area contributed by atoms with Crippen molar-refractivity contribution >= 4 is 44.6 Å². The number of sulfone groups is 1. The number of carbonyl (C=O) groups excluding carboxylic acids is 1. The van der Waals surface area contributed by atoms with Crippen molar-refractivity contribution in [3.63, 3.8) is 0 Å². The molecule has 2 N–H and O–H groups in total. The molecule has 1 aliphatic rings. The smallest absolute Gasteiger partial charge is 0.238 e. The molecule has 0 aliphatic carbocycles. The van der Waals surface area contributed by atoms with Crippen molar-refractivity contribution in [3.8, 4) is 0 Å². The normalized spacial score (nSPS) is 22.1. The minimum absolute atomic E-state index is 0.0616. The number of halogens is 2. The van der Waals surface area contributed by atoms with Crippen LogP contribution in [0.3, 0.4) is 0 Å². The predicted molar refractivity (Wildman–Crippen MR) is 104 cm³/mol.